The zero-order valence-electron chi connectivity index (χ0n) is 26.6. The number of esters is 1. The molecule has 0 spiro atoms. The van der Waals surface area contributed by atoms with Gasteiger partial charge in [0.2, 0.25) is 0 Å². The predicted octanol–water partition coefficient (Wildman–Crippen LogP) is 4.14. The van der Waals surface area contributed by atoms with Crippen molar-refractivity contribution in [3.63, 3.8) is 0 Å². The molecule has 0 bridgehead atoms. The Morgan fingerprint density at radius 3 is 2.57 bits per heavy atom. The van der Waals surface area contributed by atoms with Crippen molar-refractivity contribution in [3.8, 4) is 5.75 Å². The molecule has 4 heterocycles. The Labute approximate surface area is 298 Å². The molecule has 1 fully saturated rings. The number of thioether (sulfide) groups is 2. The van der Waals surface area contributed by atoms with Crippen LogP contribution in [0.4, 0.5) is 5.13 Å². The number of oxime groups is 1. The number of methoxy groups -OCH3 is 1. The molecule has 49 heavy (non-hydrogen) atoms. The Morgan fingerprint density at radius 2 is 1.92 bits per heavy atom. The van der Waals surface area contributed by atoms with Gasteiger partial charge in [-0.25, -0.2) is 14.3 Å². The Bertz CT molecular complexity index is 1740. The number of carbonyl (C=O) groups is 3. The molecule has 2 aliphatic rings. The van der Waals surface area contributed by atoms with E-state index in [1.807, 2.05) is 0 Å². The smallest absolute Gasteiger partial charge is 0.434 e. The van der Waals surface area contributed by atoms with Crippen molar-refractivity contribution in [1.29, 1.82) is 0 Å². The quantitative estimate of drug-likeness (QED) is 0.0497. The summed E-state index contributed by atoms with van der Waals surface area (Å²) in [5.41, 5.74) is 1.48. The second-order valence-electron chi connectivity index (χ2n) is 9.87. The first-order valence-corrected chi connectivity index (χ1v) is 19.8. The molecule has 0 saturated carbocycles. The van der Waals surface area contributed by atoms with Gasteiger partial charge in [-0.05, 0) is 48.6 Å². The number of hydrogen-bond acceptors (Lipinski definition) is 17. The molecule has 3 aromatic rings. The topological polar surface area (TPSA) is 193 Å². The van der Waals surface area contributed by atoms with E-state index in [0.29, 0.717) is 22.8 Å². The third-order valence-electron chi connectivity index (χ3n) is 6.76. The lowest BCUT2D eigenvalue weighted by Gasteiger charge is -2.49. The van der Waals surface area contributed by atoms with Crippen molar-refractivity contribution >= 4 is 82.8 Å². The summed E-state index contributed by atoms with van der Waals surface area (Å²) in [6.07, 6.45) is 1.63. The van der Waals surface area contributed by atoms with Crippen LogP contribution in [0.15, 0.2) is 56.5 Å². The van der Waals surface area contributed by atoms with E-state index in [-0.39, 0.29) is 42.1 Å². The van der Waals surface area contributed by atoms with Crippen LogP contribution in [-0.4, -0.2) is 93.3 Å². The van der Waals surface area contributed by atoms with Gasteiger partial charge in [0.05, 0.1) is 26.5 Å². The van der Waals surface area contributed by atoms with Crippen LogP contribution in [0.5, 0.6) is 5.75 Å². The summed E-state index contributed by atoms with van der Waals surface area (Å²) in [6, 6.07) is 6.11. The van der Waals surface area contributed by atoms with Crippen LogP contribution in [0, 0.1) is 0 Å². The number of nitrogens with zero attached hydrogens (tertiary/aromatic N) is 5. The third-order valence-corrected chi connectivity index (χ3v) is 12.6. The van der Waals surface area contributed by atoms with Gasteiger partial charge in [-0.3, -0.25) is 28.6 Å². The van der Waals surface area contributed by atoms with Gasteiger partial charge in [0.25, 0.3) is 11.8 Å². The molecular formula is C28H32N7O9PS4. The van der Waals surface area contributed by atoms with Crippen molar-refractivity contribution in [2.24, 2.45) is 5.16 Å². The number of nitrogens with one attached hydrogen (secondary N) is 2. The van der Waals surface area contributed by atoms with E-state index in [1.165, 1.54) is 52.4 Å². The second kappa shape index (κ2) is 16.9. The number of rotatable bonds is 17. The van der Waals surface area contributed by atoms with Gasteiger partial charge >= 0.3 is 13.7 Å². The number of anilines is 1. The van der Waals surface area contributed by atoms with Gasteiger partial charge in [-0.15, -0.1) is 40.0 Å². The molecule has 0 unspecified atom stereocenters. The first-order chi connectivity index (χ1) is 23.7. The van der Waals surface area contributed by atoms with Crippen molar-refractivity contribution < 1.29 is 42.3 Å². The highest BCUT2D eigenvalue weighted by Crippen LogP contribution is 2.48. The minimum Gasteiger partial charge on any atom is -0.497 e. The highest BCUT2D eigenvalue weighted by atomic mass is 32.2. The number of thiazole rings is 1. The van der Waals surface area contributed by atoms with Crippen molar-refractivity contribution in [2.45, 2.75) is 36.1 Å². The maximum atomic E-state index is 13.6. The zero-order chi connectivity index (χ0) is 35.0. The predicted molar refractivity (Wildman–Crippen MR) is 186 cm³/mol. The van der Waals surface area contributed by atoms with Crippen LogP contribution < -0.4 is 15.1 Å². The van der Waals surface area contributed by atoms with Gasteiger partial charge < -0.3 is 19.6 Å². The molecule has 1 aromatic carbocycles. The Balaban J connectivity index is 1.31. The lowest BCUT2D eigenvalue weighted by atomic mass is 10.0. The minimum atomic E-state index is -3.69. The van der Waals surface area contributed by atoms with Gasteiger partial charge in [-0.1, -0.05) is 21.8 Å². The van der Waals surface area contributed by atoms with E-state index in [9.17, 15) is 18.9 Å². The van der Waals surface area contributed by atoms with Gasteiger partial charge in [-0.2, -0.15) is 0 Å². The average Bonchev–Trinajstić information content (AvgIpc) is 3.80. The number of ether oxygens (including phenoxy) is 2. The minimum absolute atomic E-state index is 0.0164. The Kier molecular flexibility index (Phi) is 12.7. The summed E-state index contributed by atoms with van der Waals surface area (Å²) in [5, 5.41) is 14.1. The fraction of sp³-hybridized carbons (Fsp3) is 0.393. The van der Waals surface area contributed by atoms with Crippen LogP contribution in [-0.2, 0) is 44.2 Å². The monoisotopic (exact) mass is 769 g/mol. The SMILES string of the molecule is CCOP(=O)(Nc1nc(C(=NOC)C(=O)N[C@@H]2C(=O)N3C(C(=O)OCc4ccc(OC)cc4)=C(CSc4cnns4)CS[C@H]23)cs1)OCC. The number of β-lactam (4-membered cyclic amide) rings is 1. The first-order valence-electron chi connectivity index (χ1n) is 14.6. The number of hydrogen-bond donors (Lipinski definition) is 2. The van der Waals surface area contributed by atoms with Crippen LogP contribution in [0.1, 0.15) is 25.1 Å². The Morgan fingerprint density at radius 1 is 1.16 bits per heavy atom. The van der Waals surface area contributed by atoms with E-state index in [2.05, 4.69) is 30.1 Å². The van der Waals surface area contributed by atoms with Gasteiger partial charge in [0, 0.05) is 16.9 Å². The second-order valence-corrected chi connectivity index (χ2v) is 15.6. The Hall–Kier alpha value is -3.52. The normalized spacial score (nSPS) is 17.7. The number of aromatic nitrogens is 3. The van der Waals surface area contributed by atoms with E-state index in [1.54, 1.807) is 51.4 Å². The lowest BCUT2D eigenvalue weighted by Crippen LogP contribution is -2.71. The maximum absolute atomic E-state index is 13.6. The molecule has 0 aliphatic carbocycles. The number of amides is 2. The molecule has 2 aromatic heterocycles. The summed E-state index contributed by atoms with van der Waals surface area (Å²) in [6.45, 7) is 3.60. The van der Waals surface area contributed by atoms with E-state index < -0.39 is 36.9 Å². The number of fused-ring (bicyclic) bond motifs is 1. The molecule has 2 aliphatic heterocycles. The van der Waals surface area contributed by atoms with Crippen molar-refractivity contribution in [3.05, 3.63) is 58.4 Å². The molecule has 5 rings (SSSR count). The zero-order valence-corrected chi connectivity index (χ0v) is 30.8. The fourth-order valence-corrected chi connectivity index (χ4v) is 9.76. The van der Waals surface area contributed by atoms with E-state index >= 15 is 0 Å². The largest absolute Gasteiger partial charge is 0.497 e. The van der Waals surface area contributed by atoms with E-state index in [0.717, 1.165) is 21.1 Å². The van der Waals surface area contributed by atoms with E-state index in [4.69, 9.17) is 23.4 Å². The lowest BCUT2D eigenvalue weighted by molar-refractivity contribution is -0.153. The molecule has 1 saturated heterocycles. The fourth-order valence-electron chi connectivity index (χ4n) is 4.60. The number of benzene rings is 1. The molecule has 2 atom stereocenters. The summed E-state index contributed by atoms with van der Waals surface area (Å²) in [5.74, 6) is -0.398. The van der Waals surface area contributed by atoms with Crippen LogP contribution in [0.3, 0.4) is 0 Å². The summed E-state index contributed by atoms with van der Waals surface area (Å²) >= 11 is 5.13. The van der Waals surface area contributed by atoms with Crippen molar-refractivity contribution in [2.75, 3.05) is 44.0 Å². The molecule has 16 nitrogen and oxygen atoms in total. The molecule has 0 radical (unpaired) electrons. The standard InChI is InChI=1S/C28H32N7O9PS4/c1-5-43-45(39,44-6-2)33-28-30-19(15-48-28)21(32-41-4)24(36)31-22-25(37)35-23(27(38)42-12-16-7-9-18(40-3)10-8-16)17(14-47-26(22)35)13-46-20-11-29-34-49-20/h7-11,15,22,26H,5-6,12-14H2,1-4H3,(H,31,36)(H,30,33,39)/t22-,26-/m1/s1. The molecule has 2 amide bonds. The summed E-state index contributed by atoms with van der Waals surface area (Å²) in [7, 11) is -0.859. The molecule has 2 N–H and O–H groups in total. The van der Waals surface area contributed by atoms with Gasteiger partial charge in [0.15, 0.2) is 10.8 Å². The maximum Gasteiger partial charge on any atom is 0.434 e. The highest BCUT2D eigenvalue weighted by Gasteiger charge is 2.54. The van der Waals surface area contributed by atoms with Crippen LogP contribution >= 0.6 is 54.1 Å². The summed E-state index contributed by atoms with van der Waals surface area (Å²) < 4.78 is 39.0. The first kappa shape index (κ1) is 36.8. The summed E-state index contributed by atoms with van der Waals surface area (Å²) in [4.78, 5) is 51.3. The molecule has 262 valence electrons. The molecule has 21 heteroatoms. The average molecular weight is 770 g/mol. The van der Waals surface area contributed by atoms with Crippen LogP contribution in [0.2, 0.25) is 0 Å². The molecular weight excluding hydrogens is 738 g/mol. The highest BCUT2D eigenvalue weighted by molar-refractivity contribution is 8.01. The third kappa shape index (κ3) is 8.80. The number of carbonyl (C=O) groups excluding carboxylic acids is 3. The van der Waals surface area contributed by atoms with Gasteiger partial charge in [0.1, 0.15) is 46.5 Å². The van der Waals surface area contributed by atoms with Crippen molar-refractivity contribution in [1.82, 2.24) is 24.8 Å². The van der Waals surface area contributed by atoms with Crippen LogP contribution in [0.25, 0.3) is 0 Å².